The first-order valence-corrected chi connectivity index (χ1v) is 9.78. The Balaban J connectivity index is -0.000000101. The molecule has 0 fully saturated rings. The van der Waals surface area contributed by atoms with E-state index in [1.165, 1.54) is 19.3 Å². The van der Waals surface area contributed by atoms with Gasteiger partial charge >= 0.3 is 0 Å². The van der Waals surface area contributed by atoms with Crippen molar-refractivity contribution in [1.82, 2.24) is 5.32 Å². The molecule has 0 aliphatic carbocycles. The maximum Gasteiger partial charge on any atom is 0.187 e. The second-order valence-corrected chi connectivity index (χ2v) is 8.82. The quantitative estimate of drug-likeness (QED) is 0.292. The Labute approximate surface area is 227 Å². The van der Waals surface area contributed by atoms with Crippen LogP contribution in [0.4, 0.5) is 0 Å². The Morgan fingerprint density at radius 3 is 1.46 bits per heavy atom. The molecule has 0 rings (SSSR count). The molecular formula is C23H45NO2Y2-4. The van der Waals surface area contributed by atoms with Gasteiger partial charge in [0.05, 0.1) is 0 Å². The maximum atomic E-state index is 10.9. The Morgan fingerprint density at radius 1 is 0.750 bits per heavy atom. The molecule has 164 valence electrons. The molecule has 0 aromatic heterocycles. The first-order valence-electron chi connectivity index (χ1n) is 9.78. The summed E-state index contributed by atoms with van der Waals surface area (Å²) in [5.74, 6) is 0.255. The molecule has 0 bridgehead atoms. The molecule has 0 aromatic carbocycles. The minimum atomic E-state index is -0.0463. The Kier molecular flexibility index (Phi) is 35.0. The van der Waals surface area contributed by atoms with Gasteiger partial charge in [-0.05, 0) is 18.3 Å². The third-order valence-electron chi connectivity index (χ3n) is 3.46. The van der Waals surface area contributed by atoms with E-state index in [4.69, 9.17) is 0 Å². The molecule has 0 saturated carbocycles. The van der Waals surface area contributed by atoms with Crippen molar-refractivity contribution in [2.45, 2.75) is 92.9 Å². The van der Waals surface area contributed by atoms with Crippen LogP contribution in [0.15, 0.2) is 0 Å². The maximum absolute atomic E-state index is 10.9. The minimum Gasteiger partial charge on any atom is -0.388 e. The van der Waals surface area contributed by atoms with E-state index in [1.807, 2.05) is 0 Å². The average molecular weight is 545 g/mol. The zero-order valence-corrected chi connectivity index (χ0v) is 25.3. The summed E-state index contributed by atoms with van der Waals surface area (Å²) < 4.78 is 0. The number of carbonyl (C=O) groups excluding carboxylic acids is 2. The van der Waals surface area contributed by atoms with Crippen LogP contribution in [-0.2, 0) is 75.0 Å². The van der Waals surface area contributed by atoms with E-state index >= 15 is 0 Å². The van der Waals surface area contributed by atoms with Gasteiger partial charge in [-0.3, -0.25) is 4.79 Å². The number of nitrogens with one attached hydrogen (secondary N) is 1. The molecule has 0 aromatic rings. The van der Waals surface area contributed by atoms with Gasteiger partial charge in [0.25, 0.3) is 0 Å². The number of ketones is 1. The molecule has 3 nitrogen and oxygen atoms in total. The number of amides is 1. The van der Waals surface area contributed by atoms with Gasteiger partial charge in [0, 0.05) is 71.8 Å². The molecule has 0 saturated heterocycles. The van der Waals surface area contributed by atoms with Gasteiger partial charge in [0.2, 0.25) is 0 Å². The van der Waals surface area contributed by atoms with Gasteiger partial charge in [-0.25, -0.2) is 0 Å². The largest absolute Gasteiger partial charge is 0.388 e. The number of hydrogen-bond donors (Lipinski definition) is 1. The van der Waals surface area contributed by atoms with Gasteiger partial charge < -0.3 is 37.8 Å². The van der Waals surface area contributed by atoms with E-state index in [2.05, 4.69) is 74.6 Å². The van der Waals surface area contributed by atoms with Crippen molar-refractivity contribution < 1.29 is 75.0 Å². The van der Waals surface area contributed by atoms with E-state index < -0.39 is 0 Å². The van der Waals surface area contributed by atoms with Crippen LogP contribution in [-0.4, -0.2) is 18.2 Å². The molecular weight excluding hydrogens is 500 g/mol. The predicted octanol–water partition coefficient (Wildman–Crippen LogP) is 6.19. The van der Waals surface area contributed by atoms with Gasteiger partial charge in [-0.15, -0.1) is 19.4 Å². The van der Waals surface area contributed by atoms with Gasteiger partial charge in [0.15, 0.2) is 5.91 Å². The van der Waals surface area contributed by atoms with Crippen LogP contribution in [0.3, 0.4) is 0 Å². The molecule has 0 atom stereocenters. The normalized spacial score (nSPS) is 10.1. The number of carbonyl (C=O) groups is 2. The van der Waals surface area contributed by atoms with Crippen LogP contribution < -0.4 is 5.32 Å². The number of hydrogen-bond acceptors (Lipinski definition) is 2. The van der Waals surface area contributed by atoms with E-state index in [-0.39, 0.29) is 71.3 Å². The molecule has 0 unspecified atom stereocenters. The first-order chi connectivity index (χ1) is 11.8. The van der Waals surface area contributed by atoms with Crippen molar-refractivity contribution in [2.75, 3.05) is 6.54 Å². The molecule has 0 spiro atoms. The van der Waals surface area contributed by atoms with E-state index in [1.54, 1.807) is 0 Å². The Morgan fingerprint density at radius 2 is 1.21 bits per heavy atom. The summed E-state index contributed by atoms with van der Waals surface area (Å²) in [6.07, 6.45) is 7.24. The number of rotatable bonds is 8. The fourth-order valence-corrected chi connectivity index (χ4v) is 1.51. The molecule has 1 amide bonds. The summed E-state index contributed by atoms with van der Waals surface area (Å²) in [5.41, 5.74) is 0.871. The summed E-state index contributed by atoms with van der Waals surface area (Å²) in [7, 11) is 0. The van der Waals surface area contributed by atoms with Crippen molar-refractivity contribution in [3.63, 3.8) is 0 Å². The van der Waals surface area contributed by atoms with E-state index in [0.717, 1.165) is 19.3 Å². The monoisotopic (exact) mass is 545 g/mol. The second kappa shape index (κ2) is 24.6. The Hall–Kier alpha value is 1.35. The summed E-state index contributed by atoms with van der Waals surface area (Å²) in [6.45, 7) is 27.9. The van der Waals surface area contributed by atoms with Crippen LogP contribution >= 0.6 is 0 Å². The summed E-state index contributed by atoms with van der Waals surface area (Å²) in [4.78, 5) is 21.1. The van der Waals surface area contributed by atoms with Crippen LogP contribution in [0.2, 0.25) is 0 Å². The van der Waals surface area contributed by atoms with Crippen LogP contribution in [0.25, 0.3) is 0 Å². The van der Waals surface area contributed by atoms with Crippen molar-refractivity contribution in [3.05, 3.63) is 27.7 Å². The zero-order valence-electron chi connectivity index (χ0n) is 19.7. The molecule has 0 aliphatic rings. The third-order valence-corrected chi connectivity index (χ3v) is 3.46. The fourth-order valence-electron chi connectivity index (χ4n) is 1.51. The molecule has 5 heteroatoms. The number of Topliss-reactive ketones (excluding diaryl/α,β-unsaturated/α-hetero) is 1. The Bertz CT molecular complexity index is 345. The van der Waals surface area contributed by atoms with Crippen molar-refractivity contribution >= 4 is 11.7 Å². The molecule has 28 heavy (non-hydrogen) atoms. The van der Waals surface area contributed by atoms with Crippen LogP contribution in [0, 0.1) is 38.5 Å². The molecule has 2 radical (unpaired) electrons. The van der Waals surface area contributed by atoms with Gasteiger partial charge in [-0.1, -0.05) is 59.8 Å². The standard InChI is InChI=1S/C12H23O.C6H13.C5H9NO.2Y/c1-5-11(13)9-7-6-8-10-12(2,3)4;1-5-6(2,3)4;1-3-5(7)6-4-2;;/h1,5-10H2,2-4H3;1,5H2,2-4H3;1-4H2,(H,6,7);;/q2*-1;-2;;. The summed E-state index contributed by atoms with van der Waals surface area (Å²) in [5, 5.41) is 2.48. The number of unbranched alkanes of at least 4 members (excludes halogenated alkanes) is 2. The van der Waals surface area contributed by atoms with Crippen molar-refractivity contribution in [2.24, 2.45) is 10.8 Å². The van der Waals surface area contributed by atoms with Gasteiger partial charge in [-0.2, -0.15) is 6.42 Å². The molecule has 1 N–H and O–H groups in total. The SMILES string of the molecule is [CH2-]CC(=O)CCCCCC(C)(C)C.[CH2-]CC(C)(C)C.[CH2-]CNC(=O)C[CH2-].[Y].[Y]. The minimum absolute atomic E-state index is 0. The fraction of sp³-hybridized carbons (Fsp3) is 0.739. The molecule has 0 heterocycles. The van der Waals surface area contributed by atoms with E-state index in [9.17, 15) is 9.59 Å². The average Bonchev–Trinajstić information content (AvgIpc) is 2.54. The van der Waals surface area contributed by atoms with Crippen molar-refractivity contribution in [1.29, 1.82) is 0 Å². The smallest absolute Gasteiger partial charge is 0.187 e. The molecule has 0 aliphatic heterocycles. The predicted molar refractivity (Wildman–Crippen MR) is 115 cm³/mol. The van der Waals surface area contributed by atoms with Gasteiger partial charge in [0.1, 0.15) is 5.78 Å². The zero-order chi connectivity index (χ0) is 21.2. The summed E-state index contributed by atoms with van der Waals surface area (Å²) in [6, 6.07) is 0. The topological polar surface area (TPSA) is 46.2 Å². The van der Waals surface area contributed by atoms with Crippen molar-refractivity contribution in [3.8, 4) is 0 Å². The van der Waals surface area contributed by atoms with E-state index in [0.29, 0.717) is 36.0 Å². The first kappa shape index (κ1) is 39.8. The summed E-state index contributed by atoms with van der Waals surface area (Å²) >= 11 is 0. The van der Waals surface area contributed by atoms with Crippen LogP contribution in [0.5, 0.6) is 0 Å². The second-order valence-electron chi connectivity index (χ2n) is 8.82. The van der Waals surface area contributed by atoms with Crippen LogP contribution in [0.1, 0.15) is 92.9 Å². The third kappa shape index (κ3) is 45.9.